The zero-order valence-corrected chi connectivity index (χ0v) is 15.8. The first-order valence-electron chi connectivity index (χ1n) is 8.56. The van der Waals surface area contributed by atoms with Crippen molar-refractivity contribution < 1.29 is 0 Å². The quantitative estimate of drug-likeness (QED) is 0.504. The van der Waals surface area contributed by atoms with Crippen molar-refractivity contribution >= 4 is 28.9 Å². The number of nitrogens with two attached hydrogens (primary N) is 1. The second-order valence-corrected chi connectivity index (χ2v) is 6.78. The van der Waals surface area contributed by atoms with E-state index in [0.717, 1.165) is 17.7 Å². The first kappa shape index (κ1) is 17.8. The number of aryl methyl sites for hydroxylation is 1. The van der Waals surface area contributed by atoms with Gasteiger partial charge in [-0.2, -0.15) is 24.3 Å². The Balaban J connectivity index is 1.61. The highest BCUT2D eigenvalue weighted by Gasteiger charge is 2.13. The monoisotopic (exact) mass is 395 g/mol. The predicted molar refractivity (Wildman–Crippen MR) is 106 cm³/mol. The summed E-state index contributed by atoms with van der Waals surface area (Å²) < 4.78 is 2.41. The highest BCUT2D eigenvalue weighted by molar-refractivity contribution is 7.12. The van der Waals surface area contributed by atoms with Crippen LogP contribution in [-0.4, -0.2) is 34.7 Å². The van der Waals surface area contributed by atoms with E-state index < -0.39 is 0 Å². The average molecular weight is 395 g/mol. The highest BCUT2D eigenvalue weighted by Crippen LogP contribution is 2.19. The minimum absolute atomic E-state index is 0.0288. The SMILES string of the molecule is CCc1ccccc1Nc1nc(N)nc(Cn2nnn(-c3cccs3)c2=O)n1. The Morgan fingerprint density at radius 3 is 2.75 bits per heavy atom. The molecule has 3 heterocycles. The third-order valence-corrected chi connectivity index (χ3v) is 4.83. The number of hydrogen-bond donors (Lipinski definition) is 2. The van der Waals surface area contributed by atoms with Crippen molar-refractivity contribution in [2.75, 3.05) is 11.1 Å². The van der Waals surface area contributed by atoms with E-state index in [4.69, 9.17) is 5.73 Å². The maximum atomic E-state index is 12.5. The van der Waals surface area contributed by atoms with Gasteiger partial charge in [0.1, 0.15) is 11.5 Å². The summed E-state index contributed by atoms with van der Waals surface area (Å²) in [6, 6.07) is 11.5. The normalized spacial score (nSPS) is 10.9. The Kier molecular flexibility index (Phi) is 4.81. The van der Waals surface area contributed by atoms with Gasteiger partial charge >= 0.3 is 5.69 Å². The number of tetrazole rings is 1. The molecule has 28 heavy (non-hydrogen) atoms. The largest absolute Gasteiger partial charge is 0.369 e. The predicted octanol–water partition coefficient (Wildman–Crippen LogP) is 1.61. The fourth-order valence-electron chi connectivity index (χ4n) is 2.67. The smallest absolute Gasteiger partial charge is 0.368 e. The van der Waals surface area contributed by atoms with Gasteiger partial charge in [-0.25, -0.2) is 4.79 Å². The lowest BCUT2D eigenvalue weighted by atomic mass is 10.1. The van der Waals surface area contributed by atoms with Gasteiger partial charge in [0.25, 0.3) is 0 Å². The Bertz CT molecular complexity index is 1150. The molecule has 0 unspecified atom stereocenters. The van der Waals surface area contributed by atoms with E-state index in [2.05, 4.69) is 37.6 Å². The lowest BCUT2D eigenvalue weighted by Crippen LogP contribution is -2.25. The van der Waals surface area contributed by atoms with E-state index in [1.165, 1.54) is 20.7 Å². The topological polar surface area (TPSA) is 129 Å². The Labute approximate surface area is 163 Å². The molecule has 0 saturated carbocycles. The summed E-state index contributed by atoms with van der Waals surface area (Å²) in [6.07, 6.45) is 0.859. The van der Waals surface area contributed by atoms with Crippen LogP contribution in [0.25, 0.3) is 5.00 Å². The molecule has 0 aliphatic carbocycles. The number of nitrogens with one attached hydrogen (secondary N) is 1. The van der Waals surface area contributed by atoms with E-state index in [1.807, 2.05) is 35.7 Å². The van der Waals surface area contributed by atoms with Gasteiger partial charge in [-0.3, -0.25) is 0 Å². The molecule has 142 valence electrons. The van der Waals surface area contributed by atoms with E-state index in [0.29, 0.717) is 16.8 Å². The molecule has 10 nitrogen and oxygen atoms in total. The molecule has 4 aromatic rings. The molecule has 3 N–H and O–H groups in total. The van der Waals surface area contributed by atoms with E-state index in [9.17, 15) is 4.79 Å². The van der Waals surface area contributed by atoms with Crippen LogP contribution in [0.1, 0.15) is 18.3 Å². The molecule has 0 fully saturated rings. The van der Waals surface area contributed by atoms with Crippen LogP contribution in [0, 0.1) is 0 Å². The summed E-state index contributed by atoms with van der Waals surface area (Å²) in [5, 5.41) is 13.5. The van der Waals surface area contributed by atoms with E-state index in [-0.39, 0.29) is 18.2 Å². The first-order valence-corrected chi connectivity index (χ1v) is 9.44. The number of nitrogen functional groups attached to an aromatic ring is 1. The van der Waals surface area contributed by atoms with Gasteiger partial charge in [0.05, 0.1) is 0 Å². The molecule has 0 aliphatic heterocycles. The molecule has 0 atom stereocenters. The zero-order chi connectivity index (χ0) is 19.5. The summed E-state index contributed by atoms with van der Waals surface area (Å²) in [5.41, 5.74) is 7.46. The van der Waals surface area contributed by atoms with Crippen LogP contribution in [0.2, 0.25) is 0 Å². The van der Waals surface area contributed by atoms with Crippen LogP contribution in [0.4, 0.5) is 17.6 Å². The van der Waals surface area contributed by atoms with Crippen molar-refractivity contribution in [1.82, 2.24) is 34.7 Å². The van der Waals surface area contributed by atoms with Crippen molar-refractivity contribution in [2.24, 2.45) is 0 Å². The number of benzene rings is 1. The molecule has 0 amide bonds. The fraction of sp³-hybridized carbons (Fsp3) is 0.176. The number of thiophene rings is 1. The van der Waals surface area contributed by atoms with Crippen molar-refractivity contribution in [2.45, 2.75) is 19.9 Å². The molecule has 11 heteroatoms. The standard InChI is InChI=1S/C17H17N9OS/c1-2-11-6-3-4-7-12(11)19-16-21-13(20-15(18)22-16)10-25-17(27)26(24-23-25)14-8-5-9-28-14/h3-9H,2,10H2,1H3,(H3,18,19,20,21,22). The summed E-state index contributed by atoms with van der Waals surface area (Å²) in [7, 11) is 0. The van der Waals surface area contributed by atoms with Crippen molar-refractivity contribution in [1.29, 1.82) is 0 Å². The van der Waals surface area contributed by atoms with Crippen molar-refractivity contribution in [3.63, 3.8) is 0 Å². The number of rotatable bonds is 6. The summed E-state index contributed by atoms with van der Waals surface area (Å²) in [4.78, 5) is 25.1. The van der Waals surface area contributed by atoms with Gasteiger partial charge in [-0.1, -0.05) is 25.1 Å². The van der Waals surface area contributed by atoms with E-state index in [1.54, 1.807) is 6.07 Å². The lowest BCUT2D eigenvalue weighted by Gasteiger charge is -2.10. The maximum absolute atomic E-state index is 12.5. The summed E-state index contributed by atoms with van der Waals surface area (Å²) >= 11 is 1.40. The van der Waals surface area contributed by atoms with Gasteiger partial charge in [0.2, 0.25) is 11.9 Å². The third-order valence-electron chi connectivity index (χ3n) is 3.99. The van der Waals surface area contributed by atoms with E-state index >= 15 is 0 Å². The Morgan fingerprint density at radius 1 is 1.11 bits per heavy atom. The number of nitrogens with zero attached hydrogens (tertiary/aromatic N) is 7. The first-order chi connectivity index (χ1) is 13.6. The second-order valence-electron chi connectivity index (χ2n) is 5.85. The Morgan fingerprint density at radius 2 is 1.96 bits per heavy atom. The highest BCUT2D eigenvalue weighted by atomic mass is 32.1. The van der Waals surface area contributed by atoms with Crippen LogP contribution < -0.4 is 16.7 Å². The molecule has 0 radical (unpaired) electrons. The average Bonchev–Trinajstić information content (AvgIpc) is 3.32. The summed E-state index contributed by atoms with van der Waals surface area (Å²) in [5.74, 6) is 0.673. The number of aromatic nitrogens is 7. The van der Waals surface area contributed by atoms with Gasteiger partial charge in [-0.05, 0) is 46.0 Å². The third kappa shape index (κ3) is 3.60. The van der Waals surface area contributed by atoms with Crippen LogP contribution in [0.3, 0.4) is 0 Å². The number of hydrogen-bond acceptors (Lipinski definition) is 9. The van der Waals surface area contributed by atoms with Crippen LogP contribution in [0.5, 0.6) is 0 Å². The second kappa shape index (κ2) is 7.56. The molecule has 3 aromatic heterocycles. The minimum Gasteiger partial charge on any atom is -0.368 e. The molecular weight excluding hydrogens is 378 g/mol. The number of para-hydroxylation sites is 1. The molecule has 0 bridgehead atoms. The lowest BCUT2D eigenvalue weighted by molar-refractivity contribution is 0.608. The van der Waals surface area contributed by atoms with Crippen molar-refractivity contribution in [3.05, 3.63) is 63.7 Å². The molecule has 4 rings (SSSR count). The van der Waals surface area contributed by atoms with Gasteiger partial charge in [0.15, 0.2) is 5.82 Å². The number of anilines is 3. The molecule has 0 spiro atoms. The zero-order valence-electron chi connectivity index (χ0n) is 15.0. The Hall–Kier alpha value is -3.60. The minimum atomic E-state index is -0.382. The van der Waals surface area contributed by atoms with Gasteiger partial charge in [0, 0.05) is 5.69 Å². The molecule has 0 saturated heterocycles. The molecular formula is C17H17N9OS. The maximum Gasteiger partial charge on any atom is 0.369 e. The van der Waals surface area contributed by atoms with Gasteiger partial charge < -0.3 is 11.1 Å². The van der Waals surface area contributed by atoms with Crippen molar-refractivity contribution in [3.8, 4) is 5.00 Å². The van der Waals surface area contributed by atoms with Crippen LogP contribution in [-0.2, 0) is 13.0 Å². The molecule has 1 aromatic carbocycles. The molecule has 0 aliphatic rings. The van der Waals surface area contributed by atoms with Crippen LogP contribution >= 0.6 is 11.3 Å². The fourth-order valence-corrected chi connectivity index (χ4v) is 3.34. The summed E-state index contributed by atoms with van der Waals surface area (Å²) in [6.45, 7) is 2.10. The van der Waals surface area contributed by atoms with Crippen LogP contribution in [0.15, 0.2) is 46.6 Å². The van der Waals surface area contributed by atoms with Gasteiger partial charge in [-0.15, -0.1) is 11.3 Å².